The van der Waals surface area contributed by atoms with Gasteiger partial charge in [0.05, 0.1) is 17.2 Å². The molecule has 0 spiro atoms. The van der Waals surface area contributed by atoms with E-state index in [0.717, 1.165) is 22.2 Å². The second-order valence-corrected chi connectivity index (χ2v) is 8.90. The smallest absolute Gasteiger partial charge is 0.303 e. The Bertz CT molecular complexity index is 887. The lowest BCUT2D eigenvalue weighted by atomic mass is 9.92. The van der Waals surface area contributed by atoms with E-state index in [4.69, 9.17) is 19.3 Å². The van der Waals surface area contributed by atoms with Crippen molar-refractivity contribution in [1.82, 2.24) is 4.98 Å². The van der Waals surface area contributed by atoms with Gasteiger partial charge in [-0.15, -0.1) is 0 Å². The van der Waals surface area contributed by atoms with Crippen LogP contribution in [0.4, 0.5) is 0 Å². The number of halogens is 1. The Labute approximate surface area is 191 Å². The van der Waals surface area contributed by atoms with E-state index >= 15 is 0 Å². The molecule has 3 unspecified atom stereocenters. The number of hydrogen-bond acceptors (Lipinski definition) is 5. The van der Waals surface area contributed by atoms with Crippen molar-refractivity contribution >= 4 is 21.9 Å². The number of carbonyl (C=O) groups is 1. The van der Waals surface area contributed by atoms with Crippen LogP contribution in [-0.2, 0) is 14.3 Å². The number of nitrogens with zero attached hydrogens (tertiary/aromatic N) is 1. The number of allylic oxidation sites excluding steroid dienone is 2. The number of carboxylic acid groups (broad SMARTS) is 1. The van der Waals surface area contributed by atoms with Gasteiger partial charge in [-0.3, -0.25) is 9.78 Å². The summed E-state index contributed by atoms with van der Waals surface area (Å²) in [6.07, 6.45) is 8.04. The third kappa shape index (κ3) is 6.63. The maximum atomic E-state index is 10.7. The molecule has 7 heteroatoms. The molecule has 3 rings (SSSR count). The highest BCUT2D eigenvalue weighted by Gasteiger charge is 2.42. The number of hydrogen-bond donors (Lipinski definition) is 1. The maximum absolute atomic E-state index is 10.7. The van der Waals surface area contributed by atoms with Gasteiger partial charge >= 0.3 is 5.97 Å². The Morgan fingerprint density at radius 2 is 2.10 bits per heavy atom. The van der Waals surface area contributed by atoms with Gasteiger partial charge in [-0.1, -0.05) is 30.4 Å². The monoisotopic (exact) mass is 489 g/mol. The number of aliphatic carboxylic acids is 1. The number of para-hydroxylation sites is 1. The molecule has 0 aliphatic carbocycles. The van der Waals surface area contributed by atoms with Gasteiger partial charge in [0, 0.05) is 24.7 Å². The molecule has 1 fully saturated rings. The lowest BCUT2D eigenvalue weighted by Gasteiger charge is -2.43. The Balaban J connectivity index is 1.72. The van der Waals surface area contributed by atoms with Gasteiger partial charge < -0.3 is 19.3 Å². The van der Waals surface area contributed by atoms with Crippen LogP contribution in [0, 0.1) is 5.92 Å². The summed E-state index contributed by atoms with van der Waals surface area (Å²) in [5.41, 5.74) is 0.253. The second kappa shape index (κ2) is 10.9. The van der Waals surface area contributed by atoms with Crippen molar-refractivity contribution in [2.45, 2.75) is 51.1 Å². The second-order valence-electron chi connectivity index (χ2n) is 8.04. The highest BCUT2D eigenvalue weighted by atomic mass is 79.9. The fourth-order valence-electron chi connectivity index (χ4n) is 3.49. The molecule has 1 aliphatic rings. The first kappa shape index (κ1) is 23.4. The molecule has 1 N–H and O–H groups in total. The lowest BCUT2D eigenvalue weighted by Crippen LogP contribution is -2.50. The first-order valence-corrected chi connectivity index (χ1v) is 11.1. The van der Waals surface area contributed by atoms with Crippen LogP contribution in [0.15, 0.2) is 65.4 Å². The molecule has 31 heavy (non-hydrogen) atoms. The fourth-order valence-corrected chi connectivity index (χ4v) is 3.85. The van der Waals surface area contributed by atoms with Gasteiger partial charge in [-0.05, 0) is 66.4 Å². The molecule has 0 radical (unpaired) electrons. The molecule has 0 saturated carbocycles. The predicted molar refractivity (Wildman–Crippen MR) is 121 cm³/mol. The number of aromatic nitrogens is 1. The molecule has 166 valence electrons. The summed E-state index contributed by atoms with van der Waals surface area (Å²) in [7, 11) is 0. The number of ether oxygens (including phenoxy) is 3. The van der Waals surface area contributed by atoms with E-state index in [1.165, 1.54) is 0 Å². The fraction of sp³-hybridized carbons (Fsp3) is 0.417. The third-order valence-electron chi connectivity index (χ3n) is 5.08. The van der Waals surface area contributed by atoms with Crippen molar-refractivity contribution in [3.05, 3.63) is 71.0 Å². The van der Waals surface area contributed by atoms with E-state index in [-0.39, 0.29) is 18.4 Å². The van der Waals surface area contributed by atoms with Crippen LogP contribution >= 0.6 is 15.9 Å². The molecule has 1 aromatic heterocycles. The van der Waals surface area contributed by atoms with Crippen LogP contribution in [-0.4, -0.2) is 34.6 Å². The number of carboxylic acids is 1. The molecular weight excluding hydrogens is 462 g/mol. The minimum Gasteiger partial charge on any atom is -0.481 e. The first-order chi connectivity index (χ1) is 14.9. The molecule has 1 saturated heterocycles. The molecule has 0 bridgehead atoms. The summed E-state index contributed by atoms with van der Waals surface area (Å²) in [5.74, 6) is 0.0132. The molecule has 3 atom stereocenters. The summed E-state index contributed by atoms with van der Waals surface area (Å²) in [4.78, 5) is 14.9. The zero-order valence-corrected chi connectivity index (χ0v) is 19.3. The van der Waals surface area contributed by atoms with Gasteiger partial charge in [0.2, 0.25) is 0 Å². The SMILES string of the molecule is CC(C)(Oc1ccccc1Br)C1OCC(C/C=C\CCC(=O)O)C(c2cccnc2)O1. The van der Waals surface area contributed by atoms with Crippen molar-refractivity contribution in [2.24, 2.45) is 5.92 Å². The minimum atomic E-state index is -0.794. The highest BCUT2D eigenvalue weighted by Crippen LogP contribution is 2.39. The van der Waals surface area contributed by atoms with E-state index in [9.17, 15) is 4.79 Å². The molecule has 1 aliphatic heterocycles. The lowest BCUT2D eigenvalue weighted by molar-refractivity contribution is -0.288. The molecule has 2 heterocycles. The molecule has 0 amide bonds. The zero-order valence-electron chi connectivity index (χ0n) is 17.7. The van der Waals surface area contributed by atoms with Gasteiger partial charge in [-0.25, -0.2) is 0 Å². The van der Waals surface area contributed by atoms with Crippen LogP contribution in [0.3, 0.4) is 0 Å². The Morgan fingerprint density at radius 3 is 2.81 bits per heavy atom. The van der Waals surface area contributed by atoms with E-state index in [1.54, 1.807) is 6.20 Å². The standard InChI is InChI=1S/C24H28BrNO5/c1-24(2,31-20-12-7-6-11-19(20)25)23-29-16-18(9-4-3-5-13-21(27)28)22(30-23)17-10-8-14-26-15-17/h3-4,6-8,10-12,14-15,18,22-23H,5,9,13,16H2,1-2H3,(H,27,28)/b4-3-. The van der Waals surface area contributed by atoms with Crippen molar-refractivity contribution < 1.29 is 24.1 Å². The number of benzene rings is 1. The Morgan fingerprint density at radius 1 is 1.29 bits per heavy atom. The van der Waals surface area contributed by atoms with Crippen molar-refractivity contribution in [3.8, 4) is 5.75 Å². The molecule has 2 aromatic rings. The van der Waals surface area contributed by atoms with Crippen LogP contribution in [0.5, 0.6) is 5.75 Å². The topological polar surface area (TPSA) is 77.9 Å². The van der Waals surface area contributed by atoms with Crippen molar-refractivity contribution in [2.75, 3.05) is 6.61 Å². The zero-order chi connectivity index (χ0) is 22.3. The van der Waals surface area contributed by atoms with E-state index in [2.05, 4.69) is 20.9 Å². The number of pyridine rings is 1. The summed E-state index contributed by atoms with van der Waals surface area (Å²) in [5, 5.41) is 8.78. The summed E-state index contributed by atoms with van der Waals surface area (Å²) in [6.45, 7) is 4.39. The third-order valence-corrected chi connectivity index (χ3v) is 5.74. The summed E-state index contributed by atoms with van der Waals surface area (Å²) >= 11 is 3.52. The normalized spacial score (nSPS) is 21.8. The van der Waals surface area contributed by atoms with Gasteiger partial charge in [0.1, 0.15) is 5.75 Å². The Kier molecular flexibility index (Phi) is 8.23. The van der Waals surface area contributed by atoms with E-state index in [0.29, 0.717) is 13.0 Å². The average molecular weight is 490 g/mol. The highest BCUT2D eigenvalue weighted by molar-refractivity contribution is 9.10. The van der Waals surface area contributed by atoms with Crippen LogP contribution < -0.4 is 4.74 Å². The number of rotatable bonds is 9. The van der Waals surface area contributed by atoms with E-state index in [1.807, 2.05) is 68.6 Å². The first-order valence-electron chi connectivity index (χ1n) is 10.3. The molecule has 1 aromatic carbocycles. The van der Waals surface area contributed by atoms with Crippen molar-refractivity contribution in [1.29, 1.82) is 0 Å². The summed E-state index contributed by atoms with van der Waals surface area (Å²) < 4.78 is 19.6. The maximum Gasteiger partial charge on any atom is 0.303 e. The van der Waals surface area contributed by atoms with E-state index < -0.39 is 17.9 Å². The van der Waals surface area contributed by atoms with Crippen LogP contribution in [0.1, 0.15) is 44.8 Å². The van der Waals surface area contributed by atoms with Crippen LogP contribution in [0.25, 0.3) is 0 Å². The molecular formula is C24H28BrNO5. The van der Waals surface area contributed by atoms with Gasteiger partial charge in [0.25, 0.3) is 0 Å². The van der Waals surface area contributed by atoms with Crippen molar-refractivity contribution in [3.63, 3.8) is 0 Å². The molecule has 6 nitrogen and oxygen atoms in total. The Hall–Kier alpha value is -2.22. The average Bonchev–Trinajstić information content (AvgIpc) is 2.75. The van der Waals surface area contributed by atoms with Crippen LogP contribution in [0.2, 0.25) is 0 Å². The van der Waals surface area contributed by atoms with Gasteiger partial charge in [-0.2, -0.15) is 0 Å². The largest absolute Gasteiger partial charge is 0.481 e. The predicted octanol–water partition coefficient (Wildman–Crippen LogP) is 5.54. The van der Waals surface area contributed by atoms with Gasteiger partial charge in [0.15, 0.2) is 11.9 Å². The minimum absolute atomic E-state index is 0.0841. The summed E-state index contributed by atoms with van der Waals surface area (Å²) in [6, 6.07) is 11.6. The quantitative estimate of drug-likeness (QED) is 0.465.